The quantitative estimate of drug-likeness (QED) is 0.705. The van der Waals surface area contributed by atoms with Crippen LogP contribution in [-0.2, 0) is 19.1 Å². The topological polar surface area (TPSA) is 114 Å². The van der Waals surface area contributed by atoms with E-state index in [2.05, 4.69) is 15.4 Å². The third-order valence-corrected chi connectivity index (χ3v) is 3.31. The number of methoxy groups -OCH3 is 2. The first-order chi connectivity index (χ1) is 11.0. The van der Waals surface area contributed by atoms with E-state index >= 15 is 0 Å². The van der Waals surface area contributed by atoms with Crippen LogP contribution in [0.3, 0.4) is 0 Å². The van der Waals surface area contributed by atoms with Crippen LogP contribution in [0.4, 0.5) is 4.79 Å². The predicted molar refractivity (Wildman–Crippen MR) is 78.2 cm³/mol. The van der Waals surface area contributed by atoms with Crippen LogP contribution >= 0.6 is 0 Å². The summed E-state index contributed by atoms with van der Waals surface area (Å²) in [5.74, 6) is -1.34. The van der Waals surface area contributed by atoms with Crippen molar-refractivity contribution < 1.29 is 29.0 Å². The summed E-state index contributed by atoms with van der Waals surface area (Å²) in [5.41, 5.74) is 0.645. The Labute approximate surface area is 132 Å². The number of urea groups is 1. The van der Waals surface area contributed by atoms with Crippen LogP contribution in [-0.4, -0.2) is 37.3 Å². The Morgan fingerprint density at radius 2 is 2.00 bits per heavy atom. The van der Waals surface area contributed by atoms with Gasteiger partial charge in [-0.15, -0.1) is 0 Å². The molecule has 0 bridgehead atoms. The van der Waals surface area contributed by atoms with Gasteiger partial charge in [0.25, 0.3) is 0 Å². The van der Waals surface area contributed by atoms with Crippen molar-refractivity contribution in [1.82, 2.24) is 10.6 Å². The van der Waals surface area contributed by atoms with Crippen molar-refractivity contribution in [3.05, 3.63) is 41.1 Å². The summed E-state index contributed by atoms with van der Waals surface area (Å²) >= 11 is 0. The number of carbonyl (C=O) groups excluding carboxylic acids is 3. The smallest absolute Gasteiger partial charge is 0.337 e. The first kappa shape index (κ1) is 16.3. The molecule has 3 N–H and O–H groups in total. The highest BCUT2D eigenvalue weighted by Crippen LogP contribution is 2.30. The second-order valence-electron chi connectivity index (χ2n) is 4.76. The van der Waals surface area contributed by atoms with Crippen LogP contribution in [0.5, 0.6) is 5.75 Å². The Bertz CT molecular complexity index is 682. The van der Waals surface area contributed by atoms with Crippen molar-refractivity contribution >= 4 is 18.0 Å². The average Bonchev–Trinajstić information content (AvgIpc) is 2.53. The van der Waals surface area contributed by atoms with E-state index in [0.717, 1.165) is 0 Å². The number of carbonyl (C=O) groups is 3. The maximum Gasteiger partial charge on any atom is 0.337 e. The number of nitrogens with one attached hydrogen (secondary N) is 2. The van der Waals surface area contributed by atoms with Gasteiger partial charge in [0.2, 0.25) is 0 Å². The number of ether oxygens (including phenoxy) is 2. The van der Waals surface area contributed by atoms with Gasteiger partial charge in [-0.1, -0.05) is 12.1 Å². The number of phenolic OH excluding ortho intramolecular Hbond substituents is 1. The van der Waals surface area contributed by atoms with E-state index in [1.54, 1.807) is 12.1 Å². The van der Waals surface area contributed by atoms with Gasteiger partial charge in [-0.3, -0.25) is 4.79 Å². The van der Waals surface area contributed by atoms with Crippen LogP contribution in [0.1, 0.15) is 18.0 Å². The molecule has 1 heterocycles. The number of esters is 2. The molecule has 0 saturated heterocycles. The molecule has 1 unspecified atom stereocenters. The van der Waals surface area contributed by atoms with E-state index in [9.17, 15) is 19.5 Å². The van der Waals surface area contributed by atoms with Crippen molar-refractivity contribution in [1.29, 1.82) is 0 Å². The summed E-state index contributed by atoms with van der Waals surface area (Å²) in [7, 11) is 2.40. The monoisotopic (exact) mass is 320 g/mol. The lowest BCUT2D eigenvalue weighted by atomic mass is 9.94. The van der Waals surface area contributed by atoms with Crippen LogP contribution < -0.4 is 10.6 Å². The fourth-order valence-electron chi connectivity index (χ4n) is 2.28. The fraction of sp³-hybridized carbons (Fsp3) is 0.267. The molecule has 122 valence electrons. The average molecular weight is 320 g/mol. The molecule has 0 saturated carbocycles. The zero-order valence-electron chi connectivity index (χ0n) is 12.6. The number of hydrogen-bond acceptors (Lipinski definition) is 6. The van der Waals surface area contributed by atoms with Crippen molar-refractivity contribution in [3.63, 3.8) is 0 Å². The standard InChI is InChI=1S/C15H16N2O6/c1-22-11(19)7-10-12(14(20)23-2)13(17-15(21)16-10)8-4-3-5-9(18)6-8/h3-6,13,18H,7H2,1-2H3,(H2,16,17,21). The molecule has 1 aliphatic heterocycles. The van der Waals surface area contributed by atoms with Crippen molar-refractivity contribution in [3.8, 4) is 5.75 Å². The Morgan fingerprint density at radius 3 is 2.61 bits per heavy atom. The van der Waals surface area contributed by atoms with Crippen LogP contribution in [0.2, 0.25) is 0 Å². The molecule has 0 fully saturated rings. The van der Waals surface area contributed by atoms with Gasteiger partial charge in [-0.2, -0.15) is 0 Å². The molecule has 1 aliphatic rings. The van der Waals surface area contributed by atoms with Crippen molar-refractivity contribution in [2.24, 2.45) is 0 Å². The Kier molecular flexibility index (Phi) is 4.85. The van der Waals surface area contributed by atoms with E-state index in [1.165, 1.54) is 26.4 Å². The zero-order chi connectivity index (χ0) is 17.0. The normalized spacial score (nSPS) is 17.1. The third kappa shape index (κ3) is 3.60. The second-order valence-corrected chi connectivity index (χ2v) is 4.76. The maximum atomic E-state index is 12.1. The van der Waals surface area contributed by atoms with Gasteiger partial charge in [-0.05, 0) is 17.7 Å². The second kappa shape index (κ2) is 6.82. The summed E-state index contributed by atoms with van der Waals surface area (Å²) < 4.78 is 9.32. The largest absolute Gasteiger partial charge is 0.508 e. The Balaban J connectivity index is 2.53. The molecule has 1 atom stereocenters. The molecule has 1 aromatic carbocycles. The first-order valence-corrected chi connectivity index (χ1v) is 6.71. The van der Waals surface area contributed by atoms with Crippen LogP contribution in [0, 0.1) is 0 Å². The third-order valence-electron chi connectivity index (χ3n) is 3.31. The number of benzene rings is 1. The molecular weight excluding hydrogens is 304 g/mol. The summed E-state index contributed by atoms with van der Waals surface area (Å²) in [5, 5.41) is 14.6. The highest BCUT2D eigenvalue weighted by molar-refractivity contribution is 5.96. The molecule has 0 radical (unpaired) electrons. The lowest BCUT2D eigenvalue weighted by Gasteiger charge is -2.28. The molecule has 0 spiro atoms. The summed E-state index contributed by atoms with van der Waals surface area (Å²) in [4.78, 5) is 35.5. The van der Waals surface area contributed by atoms with E-state index in [1.807, 2.05) is 0 Å². The van der Waals surface area contributed by atoms with Crippen molar-refractivity contribution in [2.75, 3.05) is 14.2 Å². The van der Waals surface area contributed by atoms with Crippen LogP contribution in [0.15, 0.2) is 35.5 Å². The molecule has 8 heteroatoms. The maximum absolute atomic E-state index is 12.1. The minimum Gasteiger partial charge on any atom is -0.508 e. The fourth-order valence-corrected chi connectivity index (χ4v) is 2.28. The summed E-state index contributed by atoms with van der Waals surface area (Å²) in [6.07, 6.45) is -0.288. The minimum absolute atomic E-state index is 0.0194. The van der Waals surface area contributed by atoms with E-state index in [4.69, 9.17) is 4.74 Å². The number of amides is 2. The molecule has 0 aromatic heterocycles. The van der Waals surface area contributed by atoms with Gasteiger partial charge in [0.1, 0.15) is 5.75 Å². The molecule has 0 aliphatic carbocycles. The van der Waals surface area contributed by atoms with Gasteiger partial charge >= 0.3 is 18.0 Å². The predicted octanol–water partition coefficient (Wildman–Crippen LogP) is 0.736. The number of aromatic hydroxyl groups is 1. The van der Waals surface area contributed by atoms with Gasteiger partial charge < -0.3 is 25.2 Å². The molecule has 8 nitrogen and oxygen atoms in total. The SMILES string of the molecule is COC(=O)CC1=C(C(=O)OC)C(c2cccc(O)c2)NC(=O)N1. The number of rotatable bonds is 4. The van der Waals surface area contributed by atoms with Crippen molar-refractivity contribution in [2.45, 2.75) is 12.5 Å². The number of hydrogen-bond donors (Lipinski definition) is 3. The lowest BCUT2D eigenvalue weighted by molar-refractivity contribution is -0.139. The summed E-state index contributed by atoms with van der Waals surface area (Å²) in [6, 6.07) is 4.65. The van der Waals surface area contributed by atoms with Gasteiger partial charge in [0.05, 0.1) is 32.3 Å². The molecule has 2 rings (SSSR count). The molecule has 2 amide bonds. The van der Waals surface area contributed by atoms with E-state index in [0.29, 0.717) is 5.56 Å². The van der Waals surface area contributed by atoms with Gasteiger partial charge in [-0.25, -0.2) is 9.59 Å². The lowest BCUT2D eigenvalue weighted by Crippen LogP contribution is -2.46. The highest BCUT2D eigenvalue weighted by atomic mass is 16.5. The molecular formula is C15H16N2O6. The van der Waals surface area contributed by atoms with Gasteiger partial charge in [0, 0.05) is 5.70 Å². The Hall–Kier alpha value is -3.03. The molecule has 1 aromatic rings. The molecule has 23 heavy (non-hydrogen) atoms. The summed E-state index contributed by atoms with van der Waals surface area (Å²) in [6.45, 7) is 0. The zero-order valence-corrected chi connectivity index (χ0v) is 12.6. The number of phenols is 1. The Morgan fingerprint density at radius 1 is 1.26 bits per heavy atom. The first-order valence-electron chi connectivity index (χ1n) is 6.71. The van der Waals surface area contributed by atoms with Crippen LogP contribution in [0.25, 0.3) is 0 Å². The van der Waals surface area contributed by atoms with Gasteiger partial charge in [0.15, 0.2) is 0 Å². The van der Waals surface area contributed by atoms with E-state index in [-0.39, 0.29) is 23.4 Å². The minimum atomic E-state index is -0.858. The highest BCUT2D eigenvalue weighted by Gasteiger charge is 2.34. The van der Waals surface area contributed by atoms with E-state index < -0.39 is 24.0 Å².